The number of rotatable bonds is 5. The molecule has 1 aromatic rings. The fourth-order valence-electron chi connectivity index (χ4n) is 2.84. The molecular weight excluding hydrogens is 236 g/mol. The summed E-state index contributed by atoms with van der Waals surface area (Å²) in [5.41, 5.74) is 1.06. The van der Waals surface area contributed by atoms with Crippen LogP contribution in [-0.4, -0.2) is 10.9 Å². The maximum atomic E-state index is 11.9. The maximum Gasteiger partial charge on any atom is 0.220 e. The van der Waals surface area contributed by atoms with Crippen LogP contribution in [0.5, 0.6) is 0 Å². The van der Waals surface area contributed by atoms with Gasteiger partial charge >= 0.3 is 0 Å². The molecule has 1 aromatic heterocycles. The fourth-order valence-corrected chi connectivity index (χ4v) is 2.84. The highest BCUT2D eigenvalue weighted by atomic mass is 16.1. The molecule has 0 aromatic carbocycles. The lowest BCUT2D eigenvalue weighted by molar-refractivity contribution is -0.122. The number of carbonyl (C=O) groups is 1. The van der Waals surface area contributed by atoms with Crippen LogP contribution in [-0.2, 0) is 4.79 Å². The normalized spacial score (nSPS) is 17.9. The molecule has 3 nitrogen and oxygen atoms in total. The highest BCUT2D eigenvalue weighted by Gasteiger charge is 2.16. The van der Waals surface area contributed by atoms with Crippen LogP contribution in [0.15, 0.2) is 24.5 Å². The quantitative estimate of drug-likeness (QED) is 0.878. The zero-order valence-corrected chi connectivity index (χ0v) is 11.8. The summed E-state index contributed by atoms with van der Waals surface area (Å²) in [5, 5.41) is 3.06. The van der Waals surface area contributed by atoms with Crippen LogP contribution in [0.4, 0.5) is 0 Å². The summed E-state index contributed by atoms with van der Waals surface area (Å²) < 4.78 is 0. The summed E-state index contributed by atoms with van der Waals surface area (Å²) in [6.45, 7) is 2.01. The number of pyridine rings is 1. The number of nitrogens with one attached hydrogen (secondary N) is 1. The first-order valence-electron chi connectivity index (χ1n) is 7.45. The van der Waals surface area contributed by atoms with E-state index in [1.165, 1.54) is 32.1 Å². The van der Waals surface area contributed by atoms with Crippen LogP contribution in [0.25, 0.3) is 0 Å². The standard InChI is InChI=1S/C16H24N2O/c1-13(15-8-5-11-17-12-15)18-16(19)10-9-14-6-3-2-4-7-14/h5,8,11-14H,2-4,6-7,9-10H2,1H3,(H,18,19). The summed E-state index contributed by atoms with van der Waals surface area (Å²) in [7, 11) is 0. The van der Waals surface area contributed by atoms with Crippen molar-refractivity contribution < 1.29 is 4.79 Å². The van der Waals surface area contributed by atoms with Crippen molar-refractivity contribution in [2.45, 2.75) is 57.9 Å². The van der Waals surface area contributed by atoms with E-state index in [0.29, 0.717) is 6.42 Å². The van der Waals surface area contributed by atoms with Crippen LogP contribution in [0, 0.1) is 5.92 Å². The van der Waals surface area contributed by atoms with Crippen molar-refractivity contribution in [3.63, 3.8) is 0 Å². The molecule has 1 aliphatic carbocycles. The van der Waals surface area contributed by atoms with E-state index < -0.39 is 0 Å². The van der Waals surface area contributed by atoms with E-state index in [0.717, 1.165) is 17.9 Å². The summed E-state index contributed by atoms with van der Waals surface area (Å²) in [4.78, 5) is 16.0. The third kappa shape index (κ3) is 4.66. The van der Waals surface area contributed by atoms with Crippen molar-refractivity contribution in [3.05, 3.63) is 30.1 Å². The van der Waals surface area contributed by atoms with Crippen molar-refractivity contribution in [1.29, 1.82) is 0 Å². The molecule has 1 atom stereocenters. The number of hydrogen-bond acceptors (Lipinski definition) is 2. The monoisotopic (exact) mass is 260 g/mol. The Kier molecular flexibility index (Phi) is 5.37. The number of hydrogen-bond donors (Lipinski definition) is 1. The molecule has 1 amide bonds. The second-order valence-corrected chi connectivity index (χ2v) is 5.62. The Morgan fingerprint density at radius 1 is 1.42 bits per heavy atom. The highest BCUT2D eigenvalue weighted by Crippen LogP contribution is 2.27. The van der Waals surface area contributed by atoms with Gasteiger partial charge < -0.3 is 5.32 Å². The van der Waals surface area contributed by atoms with Gasteiger partial charge in [-0.2, -0.15) is 0 Å². The van der Waals surface area contributed by atoms with Crippen molar-refractivity contribution >= 4 is 5.91 Å². The fraction of sp³-hybridized carbons (Fsp3) is 0.625. The topological polar surface area (TPSA) is 42.0 Å². The van der Waals surface area contributed by atoms with E-state index in [9.17, 15) is 4.79 Å². The van der Waals surface area contributed by atoms with E-state index in [-0.39, 0.29) is 11.9 Å². The first-order chi connectivity index (χ1) is 9.25. The summed E-state index contributed by atoms with van der Waals surface area (Å²) in [6, 6.07) is 3.95. The lowest BCUT2D eigenvalue weighted by atomic mass is 9.86. The minimum Gasteiger partial charge on any atom is -0.350 e. The molecule has 0 radical (unpaired) electrons. The average molecular weight is 260 g/mol. The SMILES string of the molecule is CC(NC(=O)CCC1CCCCC1)c1cccnc1. The molecular formula is C16H24N2O. The third-order valence-electron chi connectivity index (χ3n) is 4.07. The minimum absolute atomic E-state index is 0.0487. The van der Waals surface area contributed by atoms with Gasteiger partial charge in [0.15, 0.2) is 0 Å². The van der Waals surface area contributed by atoms with Gasteiger partial charge in [0, 0.05) is 18.8 Å². The van der Waals surface area contributed by atoms with Crippen molar-refractivity contribution in [2.75, 3.05) is 0 Å². The molecule has 1 aliphatic rings. The smallest absolute Gasteiger partial charge is 0.220 e. The Morgan fingerprint density at radius 2 is 2.21 bits per heavy atom. The molecule has 0 spiro atoms. The predicted octanol–water partition coefficient (Wildman–Crippen LogP) is 3.62. The molecule has 1 N–H and O–H groups in total. The van der Waals surface area contributed by atoms with E-state index in [4.69, 9.17) is 0 Å². The van der Waals surface area contributed by atoms with Gasteiger partial charge in [0.1, 0.15) is 0 Å². The van der Waals surface area contributed by atoms with Crippen LogP contribution in [0.2, 0.25) is 0 Å². The Morgan fingerprint density at radius 3 is 2.89 bits per heavy atom. The summed E-state index contributed by atoms with van der Waals surface area (Å²) >= 11 is 0. The third-order valence-corrected chi connectivity index (χ3v) is 4.07. The van der Waals surface area contributed by atoms with Crippen LogP contribution in [0.3, 0.4) is 0 Å². The average Bonchev–Trinajstić information content (AvgIpc) is 2.47. The van der Waals surface area contributed by atoms with Gasteiger partial charge in [0.2, 0.25) is 5.91 Å². The molecule has 1 heterocycles. The predicted molar refractivity (Wildman–Crippen MR) is 76.6 cm³/mol. The molecule has 19 heavy (non-hydrogen) atoms. The molecule has 1 fully saturated rings. The number of nitrogens with zero attached hydrogens (tertiary/aromatic N) is 1. The van der Waals surface area contributed by atoms with E-state index in [2.05, 4.69) is 10.3 Å². The molecule has 1 saturated carbocycles. The van der Waals surface area contributed by atoms with E-state index >= 15 is 0 Å². The second-order valence-electron chi connectivity index (χ2n) is 5.62. The first-order valence-corrected chi connectivity index (χ1v) is 7.45. The lowest BCUT2D eigenvalue weighted by Crippen LogP contribution is -2.27. The lowest BCUT2D eigenvalue weighted by Gasteiger charge is -2.21. The van der Waals surface area contributed by atoms with Crippen LogP contribution >= 0.6 is 0 Å². The maximum absolute atomic E-state index is 11.9. The Hall–Kier alpha value is -1.38. The molecule has 0 aliphatic heterocycles. The van der Waals surface area contributed by atoms with Gasteiger partial charge in [-0.3, -0.25) is 9.78 Å². The van der Waals surface area contributed by atoms with Gasteiger partial charge in [0.05, 0.1) is 6.04 Å². The van der Waals surface area contributed by atoms with Gasteiger partial charge in [-0.25, -0.2) is 0 Å². The number of carbonyl (C=O) groups excluding carboxylic acids is 1. The Labute approximate surface area is 115 Å². The van der Waals surface area contributed by atoms with Gasteiger partial charge in [-0.05, 0) is 30.9 Å². The minimum atomic E-state index is 0.0487. The van der Waals surface area contributed by atoms with Crippen LogP contribution in [0.1, 0.15) is 63.5 Å². The van der Waals surface area contributed by atoms with Gasteiger partial charge in [-0.1, -0.05) is 38.2 Å². The summed E-state index contributed by atoms with van der Waals surface area (Å²) in [6.07, 6.45) is 12.0. The molecule has 3 heteroatoms. The first kappa shape index (κ1) is 14.0. The number of amides is 1. The molecule has 104 valence electrons. The largest absolute Gasteiger partial charge is 0.350 e. The molecule has 1 unspecified atom stereocenters. The Bertz CT molecular complexity index is 385. The van der Waals surface area contributed by atoms with Crippen LogP contribution < -0.4 is 5.32 Å². The summed E-state index contributed by atoms with van der Waals surface area (Å²) in [5.74, 6) is 0.940. The van der Waals surface area contributed by atoms with Crippen molar-refractivity contribution in [1.82, 2.24) is 10.3 Å². The molecule has 0 bridgehead atoms. The van der Waals surface area contributed by atoms with Crippen molar-refractivity contribution in [3.8, 4) is 0 Å². The molecule has 2 rings (SSSR count). The van der Waals surface area contributed by atoms with E-state index in [1.807, 2.05) is 25.3 Å². The van der Waals surface area contributed by atoms with E-state index in [1.54, 1.807) is 6.20 Å². The molecule has 0 saturated heterocycles. The zero-order valence-electron chi connectivity index (χ0n) is 11.8. The highest BCUT2D eigenvalue weighted by molar-refractivity contribution is 5.76. The van der Waals surface area contributed by atoms with Crippen molar-refractivity contribution in [2.24, 2.45) is 5.92 Å². The number of aromatic nitrogens is 1. The van der Waals surface area contributed by atoms with Gasteiger partial charge in [0.25, 0.3) is 0 Å². The zero-order chi connectivity index (χ0) is 13.5. The van der Waals surface area contributed by atoms with Gasteiger partial charge in [-0.15, -0.1) is 0 Å². The Balaban J connectivity index is 1.71. The second kappa shape index (κ2) is 7.27.